The van der Waals surface area contributed by atoms with Crippen LogP contribution in [-0.4, -0.2) is 53.0 Å². The van der Waals surface area contributed by atoms with E-state index in [1.165, 1.54) is 7.11 Å². The minimum Gasteiger partial charge on any atom is -0.465 e. The molecule has 0 aromatic heterocycles. The second-order valence-electron chi connectivity index (χ2n) is 7.60. The number of sulfonamides is 1. The highest BCUT2D eigenvalue weighted by Crippen LogP contribution is 2.26. The largest absolute Gasteiger partial charge is 0.465 e. The molecule has 1 fully saturated rings. The normalized spacial score (nSPS) is 19.2. The van der Waals surface area contributed by atoms with Gasteiger partial charge in [0, 0.05) is 25.1 Å². The smallest absolute Gasteiger partial charge is 0.337 e. The molecule has 1 N–H and O–H groups in total. The van der Waals surface area contributed by atoms with Crippen LogP contribution in [0.15, 0.2) is 58.5 Å². The molecule has 3 rings (SSSR count). The average Bonchev–Trinajstić information content (AvgIpc) is 2.80. The average molecular weight is 460 g/mol. The van der Waals surface area contributed by atoms with Crippen LogP contribution in [0.2, 0.25) is 0 Å². The summed E-state index contributed by atoms with van der Waals surface area (Å²) >= 11 is 0. The first-order chi connectivity index (χ1) is 15.3. The third kappa shape index (κ3) is 5.86. The summed E-state index contributed by atoms with van der Waals surface area (Å²) in [6.45, 7) is 5.11. The van der Waals surface area contributed by atoms with Crippen LogP contribution in [0.3, 0.4) is 0 Å². The van der Waals surface area contributed by atoms with Crippen LogP contribution >= 0.6 is 0 Å². The zero-order valence-corrected chi connectivity index (χ0v) is 19.3. The van der Waals surface area contributed by atoms with Gasteiger partial charge in [0.25, 0.3) is 10.0 Å². The fraction of sp³-hybridized carbons (Fsp3) is 0.391. The molecule has 2 aromatic carbocycles. The number of anilines is 1. The maximum Gasteiger partial charge on any atom is 0.337 e. The van der Waals surface area contributed by atoms with Crippen molar-refractivity contribution in [3.8, 4) is 0 Å². The van der Waals surface area contributed by atoms with Gasteiger partial charge in [0.2, 0.25) is 0 Å². The molecule has 8 nitrogen and oxygen atoms in total. The number of hydrogen-bond acceptors (Lipinski definition) is 7. The summed E-state index contributed by atoms with van der Waals surface area (Å²) in [5.74, 6) is -0.397. The Bertz CT molecular complexity index is 1040. The van der Waals surface area contributed by atoms with Crippen molar-refractivity contribution in [1.29, 1.82) is 0 Å². The van der Waals surface area contributed by atoms with Gasteiger partial charge in [0.05, 0.1) is 29.7 Å². The van der Waals surface area contributed by atoms with Crippen molar-refractivity contribution in [2.24, 2.45) is 5.10 Å². The van der Waals surface area contributed by atoms with Gasteiger partial charge in [-0.2, -0.15) is 13.5 Å². The van der Waals surface area contributed by atoms with Crippen molar-refractivity contribution >= 4 is 27.9 Å². The molecule has 32 heavy (non-hydrogen) atoms. The molecule has 0 bridgehead atoms. The Morgan fingerprint density at radius 2 is 1.84 bits per heavy atom. The number of methoxy groups -OCH3 is 1. The summed E-state index contributed by atoms with van der Waals surface area (Å²) in [7, 11) is -2.39. The number of esters is 1. The summed E-state index contributed by atoms with van der Waals surface area (Å²) in [5, 5.41) is 4.05. The van der Waals surface area contributed by atoms with Gasteiger partial charge in [0.15, 0.2) is 0 Å². The molecular formula is C23H29N3O5S. The third-order valence-corrected chi connectivity index (χ3v) is 6.60. The van der Waals surface area contributed by atoms with Crippen LogP contribution in [0.5, 0.6) is 0 Å². The molecule has 1 aliphatic rings. The zero-order chi connectivity index (χ0) is 23.1. The maximum absolute atomic E-state index is 12.5. The molecule has 1 aliphatic heterocycles. The number of rotatable bonds is 8. The maximum atomic E-state index is 12.5. The van der Waals surface area contributed by atoms with Crippen molar-refractivity contribution in [2.75, 3.05) is 25.2 Å². The van der Waals surface area contributed by atoms with Crippen molar-refractivity contribution in [1.82, 2.24) is 4.83 Å². The van der Waals surface area contributed by atoms with Gasteiger partial charge >= 0.3 is 5.97 Å². The van der Waals surface area contributed by atoms with Gasteiger partial charge in [-0.05, 0) is 63.1 Å². The number of nitrogens with zero attached hydrogens (tertiary/aromatic N) is 2. The molecule has 9 heteroatoms. The molecule has 0 saturated carbocycles. The summed E-state index contributed by atoms with van der Waals surface area (Å²) in [4.78, 5) is 16.3. The highest BCUT2D eigenvalue weighted by atomic mass is 32.2. The second kappa shape index (κ2) is 10.6. The quantitative estimate of drug-likeness (QED) is 0.370. The summed E-state index contributed by atoms with van der Waals surface area (Å²) in [5.41, 5.74) is 2.33. The number of hydrazone groups is 1. The van der Waals surface area contributed by atoms with E-state index in [9.17, 15) is 13.2 Å². The first-order valence-electron chi connectivity index (χ1n) is 10.5. The lowest BCUT2D eigenvalue weighted by Gasteiger charge is -2.39. The Hall–Kier alpha value is -2.91. The molecule has 1 saturated heterocycles. The molecule has 0 spiro atoms. The van der Waals surface area contributed by atoms with E-state index >= 15 is 0 Å². The molecule has 2 unspecified atom stereocenters. The van der Waals surface area contributed by atoms with Crippen LogP contribution in [-0.2, 0) is 19.5 Å². The predicted octanol–water partition coefficient (Wildman–Crippen LogP) is 3.12. The number of ether oxygens (including phenoxy) is 2. The number of aryl methyl sites for hydroxylation is 1. The molecule has 2 atom stereocenters. The lowest BCUT2D eigenvalue weighted by atomic mass is 9.99. The predicted molar refractivity (Wildman–Crippen MR) is 124 cm³/mol. The molecule has 1 heterocycles. The van der Waals surface area contributed by atoms with Gasteiger partial charge in [-0.1, -0.05) is 17.7 Å². The van der Waals surface area contributed by atoms with Crippen LogP contribution in [0.4, 0.5) is 5.69 Å². The molecular weight excluding hydrogens is 430 g/mol. The molecule has 172 valence electrons. The number of carbonyl (C=O) groups is 1. The Kier molecular flexibility index (Phi) is 7.87. The fourth-order valence-electron chi connectivity index (χ4n) is 3.65. The minimum absolute atomic E-state index is 0.0641. The van der Waals surface area contributed by atoms with E-state index in [0.717, 1.165) is 24.1 Å². The third-order valence-electron chi connectivity index (χ3n) is 5.36. The Balaban J connectivity index is 1.76. The Morgan fingerprint density at radius 1 is 1.16 bits per heavy atom. The first-order valence-corrected chi connectivity index (χ1v) is 12.0. The molecule has 0 aliphatic carbocycles. The summed E-state index contributed by atoms with van der Waals surface area (Å²) in [6.07, 6.45) is 3.27. The summed E-state index contributed by atoms with van der Waals surface area (Å²) < 4.78 is 35.6. The van der Waals surface area contributed by atoms with E-state index in [2.05, 4.69) is 14.8 Å². The molecule has 2 aromatic rings. The van der Waals surface area contributed by atoms with Crippen LogP contribution < -0.4 is 9.73 Å². The zero-order valence-electron chi connectivity index (χ0n) is 18.5. The van der Waals surface area contributed by atoms with Crippen molar-refractivity contribution in [3.05, 3.63) is 59.7 Å². The lowest BCUT2D eigenvalue weighted by molar-refractivity contribution is 0.0502. The van der Waals surface area contributed by atoms with E-state index < -0.39 is 16.0 Å². The van der Waals surface area contributed by atoms with Gasteiger partial charge in [-0.15, -0.1) is 0 Å². The van der Waals surface area contributed by atoms with Crippen LogP contribution in [0.25, 0.3) is 0 Å². The monoisotopic (exact) mass is 459 g/mol. The fourth-order valence-corrected chi connectivity index (χ4v) is 4.44. The van der Waals surface area contributed by atoms with Gasteiger partial charge in [0.1, 0.15) is 0 Å². The summed E-state index contributed by atoms with van der Waals surface area (Å²) in [6, 6.07) is 13.6. The number of hydrogen-bond donors (Lipinski definition) is 1. The molecule has 0 amide bonds. The number of benzene rings is 2. The SMILES string of the molecule is CCOC1CCC(/C=N\NS(=O)(=O)c2ccc(C)cc2)N(c2ccc(C(=O)OC)cc2)C1. The number of piperidine rings is 1. The van der Waals surface area contributed by atoms with Crippen LogP contribution in [0, 0.1) is 6.92 Å². The van der Waals surface area contributed by atoms with E-state index in [4.69, 9.17) is 9.47 Å². The van der Waals surface area contributed by atoms with E-state index in [1.807, 2.05) is 26.0 Å². The van der Waals surface area contributed by atoms with Gasteiger partial charge < -0.3 is 14.4 Å². The van der Waals surface area contributed by atoms with Crippen molar-refractivity contribution in [3.63, 3.8) is 0 Å². The number of nitrogens with one attached hydrogen (secondary N) is 1. The van der Waals surface area contributed by atoms with E-state index in [1.54, 1.807) is 42.6 Å². The van der Waals surface area contributed by atoms with Gasteiger partial charge in [-0.25, -0.2) is 9.63 Å². The van der Waals surface area contributed by atoms with Gasteiger partial charge in [-0.3, -0.25) is 0 Å². The second-order valence-corrected chi connectivity index (χ2v) is 9.26. The highest BCUT2D eigenvalue weighted by Gasteiger charge is 2.28. The minimum atomic E-state index is -3.74. The first kappa shape index (κ1) is 23.7. The van der Waals surface area contributed by atoms with Crippen LogP contribution in [0.1, 0.15) is 35.7 Å². The Labute approximate surface area is 189 Å². The van der Waals surface area contributed by atoms with E-state index in [-0.39, 0.29) is 17.0 Å². The number of carbonyl (C=O) groups excluding carboxylic acids is 1. The Morgan fingerprint density at radius 3 is 2.47 bits per heavy atom. The van der Waals surface area contributed by atoms with Crippen molar-refractivity contribution < 1.29 is 22.7 Å². The van der Waals surface area contributed by atoms with Crippen molar-refractivity contribution in [2.45, 2.75) is 43.7 Å². The molecule has 0 radical (unpaired) electrons. The topological polar surface area (TPSA) is 97.3 Å². The lowest BCUT2D eigenvalue weighted by Crippen LogP contribution is -2.47. The highest BCUT2D eigenvalue weighted by molar-refractivity contribution is 7.89. The standard InChI is InChI=1S/C23H29N3O5S/c1-4-31-21-12-11-20(15-24-25-32(28,29)22-13-5-17(2)6-14-22)26(16-21)19-9-7-18(8-10-19)23(27)30-3/h5-10,13-15,20-21,25H,4,11-12,16H2,1-3H3/b24-15-. The van der Waals surface area contributed by atoms with E-state index in [0.29, 0.717) is 18.7 Å².